The molecule has 2 aromatic carbocycles. The topological polar surface area (TPSA) is 108 Å². The van der Waals surface area contributed by atoms with Crippen LogP contribution in [0.5, 0.6) is 0 Å². The number of carbonyl (C=O) groups is 3. The molecule has 0 bridgehead atoms. The molecule has 0 saturated carbocycles. The lowest BCUT2D eigenvalue weighted by molar-refractivity contribution is -0.140. The molecule has 0 saturated heterocycles. The van der Waals surface area contributed by atoms with Gasteiger partial charge in [-0.05, 0) is 54.7 Å². The zero-order chi connectivity index (χ0) is 25.6. The smallest absolute Gasteiger partial charge is 0.302 e. The predicted octanol–water partition coefficient (Wildman–Crippen LogP) is 3.72. The van der Waals surface area contributed by atoms with Gasteiger partial charge < -0.3 is 15.2 Å². The average molecular weight is 469 g/mol. The molecule has 0 radical (unpaired) electrons. The van der Waals surface area contributed by atoms with Crippen molar-refractivity contribution < 1.29 is 23.9 Å². The molecule has 0 spiro atoms. The predicted molar refractivity (Wildman–Crippen MR) is 136 cm³/mol. The maximum atomic E-state index is 12.1. The normalized spacial score (nSPS) is 10.4. The van der Waals surface area contributed by atoms with Crippen molar-refractivity contribution in [2.24, 2.45) is 10.7 Å². The van der Waals surface area contributed by atoms with Gasteiger partial charge >= 0.3 is 5.97 Å². The number of nitrogens with zero attached hydrogens (tertiary/aromatic N) is 1. The van der Waals surface area contributed by atoms with Crippen molar-refractivity contribution >= 4 is 23.9 Å². The van der Waals surface area contributed by atoms with E-state index in [2.05, 4.69) is 27.6 Å². The molecule has 0 atom stereocenters. The van der Waals surface area contributed by atoms with Crippen molar-refractivity contribution in [2.45, 2.75) is 33.1 Å². The summed E-state index contributed by atoms with van der Waals surface area (Å²) < 4.78 is 9.53. The van der Waals surface area contributed by atoms with E-state index < -0.39 is 0 Å². The van der Waals surface area contributed by atoms with E-state index in [0.29, 0.717) is 19.6 Å². The Morgan fingerprint density at radius 1 is 1.00 bits per heavy atom. The van der Waals surface area contributed by atoms with E-state index >= 15 is 0 Å². The summed E-state index contributed by atoms with van der Waals surface area (Å²) >= 11 is 0. The average Bonchev–Trinajstić information content (AvgIpc) is 2.83. The molecule has 2 rings (SSSR count). The summed E-state index contributed by atoms with van der Waals surface area (Å²) in [7, 11) is 3.45. The number of rotatable bonds is 10. The lowest BCUT2D eigenvalue weighted by atomic mass is 10.0. The number of carbonyl (C=O) groups excluding carboxylic acids is 3. The van der Waals surface area contributed by atoms with Crippen LogP contribution < -0.4 is 5.73 Å². The third kappa shape index (κ3) is 15.3. The fourth-order valence-electron chi connectivity index (χ4n) is 2.78. The minimum absolute atomic E-state index is 0.112. The highest BCUT2D eigenvalue weighted by molar-refractivity contribution is 6.11. The number of methoxy groups -OCH3 is 1. The molecule has 34 heavy (non-hydrogen) atoms. The van der Waals surface area contributed by atoms with Crippen molar-refractivity contribution in [1.82, 2.24) is 0 Å². The van der Waals surface area contributed by atoms with Crippen LogP contribution in [0.25, 0.3) is 0 Å². The molecule has 1 amide bonds. The van der Waals surface area contributed by atoms with Gasteiger partial charge in [0, 0.05) is 27.5 Å². The van der Waals surface area contributed by atoms with E-state index in [1.807, 2.05) is 48.5 Å². The van der Waals surface area contributed by atoms with Gasteiger partial charge in [-0.1, -0.05) is 48.5 Å². The monoisotopic (exact) mass is 468 g/mol. The number of amides is 1. The van der Waals surface area contributed by atoms with Crippen LogP contribution in [0.15, 0.2) is 71.7 Å². The van der Waals surface area contributed by atoms with Crippen molar-refractivity contribution in [1.29, 1.82) is 0 Å². The molecule has 2 N–H and O–H groups in total. The van der Waals surface area contributed by atoms with Crippen LogP contribution in [0.1, 0.15) is 37.0 Å². The largest absolute Gasteiger partial charge is 0.466 e. The highest BCUT2D eigenvalue weighted by atomic mass is 16.5. The number of nitrogens with two attached hydrogens (primary N) is 1. The number of primary amides is 1. The van der Waals surface area contributed by atoms with Crippen LogP contribution in [0.4, 0.5) is 0 Å². The van der Waals surface area contributed by atoms with Crippen LogP contribution in [0.3, 0.4) is 0 Å². The maximum Gasteiger partial charge on any atom is 0.302 e. The zero-order valence-corrected chi connectivity index (χ0v) is 20.5. The van der Waals surface area contributed by atoms with Gasteiger partial charge in [-0.15, -0.1) is 0 Å². The minimum atomic E-state index is -0.211. The fraction of sp³-hybridized carbons (Fsp3) is 0.333. The third-order valence-electron chi connectivity index (χ3n) is 4.34. The van der Waals surface area contributed by atoms with Gasteiger partial charge in [0.1, 0.15) is 0 Å². The van der Waals surface area contributed by atoms with Gasteiger partial charge in [-0.3, -0.25) is 19.4 Å². The number of benzene rings is 2. The summed E-state index contributed by atoms with van der Waals surface area (Å²) in [5.41, 5.74) is 8.37. The second-order valence-corrected chi connectivity index (χ2v) is 6.90. The Morgan fingerprint density at radius 3 is 2.18 bits per heavy atom. The molecular formula is C27H36N2O5. The van der Waals surface area contributed by atoms with E-state index in [4.69, 9.17) is 9.53 Å². The first-order valence-electron chi connectivity index (χ1n) is 11.0. The summed E-state index contributed by atoms with van der Waals surface area (Å²) in [4.78, 5) is 34.8. The molecule has 0 aliphatic rings. The van der Waals surface area contributed by atoms with E-state index in [-0.39, 0.29) is 18.2 Å². The Morgan fingerprint density at radius 2 is 1.65 bits per heavy atom. The summed E-state index contributed by atoms with van der Waals surface area (Å²) in [6.07, 6.45) is 5.82. The molecule has 0 fully saturated rings. The molecule has 0 aromatic heterocycles. The van der Waals surface area contributed by atoms with Crippen LogP contribution in [0.2, 0.25) is 0 Å². The molecule has 7 nitrogen and oxygen atoms in total. The lowest BCUT2D eigenvalue weighted by Gasteiger charge is -2.05. The van der Waals surface area contributed by atoms with Crippen molar-refractivity contribution in [3.8, 4) is 0 Å². The van der Waals surface area contributed by atoms with Gasteiger partial charge in [-0.25, -0.2) is 0 Å². The standard InChI is InChI=1S/C22H25NO2.C4H8O2.CH3NO/c1-23-22(20-10-6-9-19(17-20)15-16-25-2)14-13-21(24)12-11-18-7-4-3-5-8-18;1-3-6-4(2)5;2-1-3/h3-10,13-14,17H,11-12,15-16H2,1-2H3;3H2,1-2H3;1H,(H2,2,3)/b14-13-,23-22?;;. The Bertz CT molecular complexity index is 908. The Kier molecular flexibility index (Phi) is 17.9. The molecular weight excluding hydrogens is 432 g/mol. The summed E-state index contributed by atoms with van der Waals surface area (Å²) in [5, 5.41) is 0. The Hall–Kier alpha value is -3.58. The van der Waals surface area contributed by atoms with Gasteiger partial charge in [0.15, 0.2) is 5.78 Å². The third-order valence-corrected chi connectivity index (χ3v) is 4.34. The Labute approximate surface area is 202 Å². The summed E-state index contributed by atoms with van der Waals surface area (Å²) in [6, 6.07) is 18.2. The molecule has 184 valence electrons. The fourth-order valence-corrected chi connectivity index (χ4v) is 2.78. The van der Waals surface area contributed by atoms with Crippen molar-refractivity contribution in [2.75, 3.05) is 27.4 Å². The van der Waals surface area contributed by atoms with Gasteiger partial charge in [-0.2, -0.15) is 0 Å². The highest BCUT2D eigenvalue weighted by Crippen LogP contribution is 2.09. The maximum absolute atomic E-state index is 12.1. The number of allylic oxidation sites excluding steroid dienone is 2. The minimum Gasteiger partial charge on any atom is -0.466 e. The number of esters is 1. The van der Waals surface area contributed by atoms with E-state index in [1.165, 1.54) is 18.1 Å². The number of ketones is 1. The second-order valence-electron chi connectivity index (χ2n) is 6.90. The van der Waals surface area contributed by atoms with Gasteiger partial charge in [0.05, 0.1) is 18.9 Å². The van der Waals surface area contributed by atoms with Crippen molar-refractivity contribution in [3.63, 3.8) is 0 Å². The van der Waals surface area contributed by atoms with E-state index in [9.17, 15) is 9.59 Å². The molecule has 0 aliphatic carbocycles. The Balaban J connectivity index is 0.00000103. The lowest BCUT2D eigenvalue weighted by Crippen LogP contribution is -2.02. The number of aryl methyl sites for hydroxylation is 1. The first-order chi connectivity index (χ1) is 16.4. The quantitative estimate of drug-likeness (QED) is 0.247. The van der Waals surface area contributed by atoms with Gasteiger partial charge in [0.25, 0.3) is 0 Å². The van der Waals surface area contributed by atoms with Crippen molar-refractivity contribution in [3.05, 3.63) is 83.4 Å². The first kappa shape index (κ1) is 30.4. The summed E-state index contributed by atoms with van der Waals surface area (Å²) in [6.45, 7) is 4.34. The van der Waals surface area contributed by atoms with E-state index in [0.717, 1.165) is 24.1 Å². The van der Waals surface area contributed by atoms with E-state index in [1.54, 1.807) is 27.2 Å². The number of ether oxygens (including phenoxy) is 2. The first-order valence-corrected chi connectivity index (χ1v) is 11.0. The second kappa shape index (κ2) is 20.1. The van der Waals surface area contributed by atoms with Crippen LogP contribution in [-0.4, -0.2) is 51.2 Å². The number of hydrogen-bond acceptors (Lipinski definition) is 6. The zero-order valence-electron chi connectivity index (χ0n) is 20.5. The molecule has 7 heteroatoms. The number of hydrogen-bond donors (Lipinski definition) is 1. The number of aliphatic imine (C=N–C) groups is 1. The highest BCUT2D eigenvalue weighted by Gasteiger charge is 2.03. The molecule has 0 unspecified atom stereocenters. The summed E-state index contributed by atoms with van der Waals surface area (Å²) in [5.74, 6) is -0.0990. The van der Waals surface area contributed by atoms with Crippen LogP contribution in [-0.2, 0) is 36.7 Å². The van der Waals surface area contributed by atoms with Crippen LogP contribution in [0, 0.1) is 0 Å². The molecule has 0 heterocycles. The van der Waals surface area contributed by atoms with Gasteiger partial charge in [0.2, 0.25) is 6.41 Å². The van der Waals surface area contributed by atoms with Crippen LogP contribution >= 0.6 is 0 Å². The molecule has 2 aromatic rings. The molecule has 0 aliphatic heterocycles. The SMILES string of the molecule is CCOC(C)=O.CN=C(/C=C\C(=O)CCc1ccccc1)c1cccc(CCOC)c1.NC=O.